The van der Waals surface area contributed by atoms with Gasteiger partial charge in [-0.15, -0.1) is 0 Å². The summed E-state index contributed by atoms with van der Waals surface area (Å²) in [4.78, 5) is 16.4. The van der Waals surface area contributed by atoms with E-state index in [2.05, 4.69) is 11.1 Å². The third kappa shape index (κ3) is 2.39. The number of aromatic nitrogens is 2. The van der Waals surface area contributed by atoms with Crippen LogP contribution in [0.3, 0.4) is 0 Å². The summed E-state index contributed by atoms with van der Waals surface area (Å²) < 4.78 is 1.93. The minimum absolute atomic E-state index is 0.0517. The van der Waals surface area contributed by atoms with Gasteiger partial charge in [0.15, 0.2) is 5.78 Å². The summed E-state index contributed by atoms with van der Waals surface area (Å²) in [6.07, 6.45) is 1.58. The number of hydrogen-bond acceptors (Lipinski definition) is 4. The first-order valence-electron chi connectivity index (χ1n) is 7.19. The summed E-state index contributed by atoms with van der Waals surface area (Å²) in [6.45, 7) is 3.28. The first-order chi connectivity index (χ1) is 11.1. The number of aliphatic hydroxyl groups excluding tert-OH is 1. The first kappa shape index (κ1) is 14.9. The van der Waals surface area contributed by atoms with E-state index in [1.807, 2.05) is 29.7 Å². The topological polar surface area (TPSA) is 78.9 Å². The van der Waals surface area contributed by atoms with Crippen molar-refractivity contribution < 1.29 is 9.90 Å². The molecule has 0 radical (unpaired) electrons. The van der Waals surface area contributed by atoms with Crippen molar-refractivity contribution >= 4 is 16.8 Å². The highest BCUT2D eigenvalue weighted by Gasteiger charge is 2.19. The van der Waals surface area contributed by atoms with Gasteiger partial charge in [-0.1, -0.05) is 0 Å². The maximum absolute atomic E-state index is 12.0. The minimum atomic E-state index is -0.115. The number of hydrogen-bond donors (Lipinski definition) is 1. The van der Waals surface area contributed by atoms with Crippen molar-refractivity contribution in [3.63, 3.8) is 0 Å². The fraction of sp³-hybridized carbons (Fsp3) is 0.167. The van der Waals surface area contributed by atoms with E-state index in [0.717, 1.165) is 16.9 Å². The van der Waals surface area contributed by atoms with Crippen LogP contribution in [0, 0.1) is 18.3 Å². The van der Waals surface area contributed by atoms with Gasteiger partial charge in [0, 0.05) is 17.6 Å². The summed E-state index contributed by atoms with van der Waals surface area (Å²) in [5, 5.41) is 18.3. The SMILES string of the molecule is CC(=O)c1c(C)n(-c2ccc(C#N)cc2)c2cc(CO)cnc12. The van der Waals surface area contributed by atoms with Gasteiger partial charge in [0.2, 0.25) is 0 Å². The number of fused-ring (bicyclic) bond motifs is 1. The largest absolute Gasteiger partial charge is 0.392 e. The molecule has 0 aliphatic carbocycles. The molecule has 0 spiro atoms. The quantitative estimate of drug-likeness (QED) is 0.755. The monoisotopic (exact) mass is 305 g/mol. The van der Waals surface area contributed by atoms with Crippen LogP contribution in [0.5, 0.6) is 0 Å². The van der Waals surface area contributed by atoms with Gasteiger partial charge in [-0.2, -0.15) is 5.26 Å². The Balaban J connectivity index is 2.35. The molecule has 5 heteroatoms. The summed E-state index contributed by atoms with van der Waals surface area (Å²) in [6, 6.07) is 11.1. The Hall–Kier alpha value is -2.97. The van der Waals surface area contributed by atoms with Crippen LogP contribution in [0.15, 0.2) is 36.5 Å². The zero-order chi connectivity index (χ0) is 16.6. The normalized spacial score (nSPS) is 10.7. The molecule has 0 saturated heterocycles. The molecule has 0 fully saturated rings. The van der Waals surface area contributed by atoms with Crippen molar-refractivity contribution in [2.45, 2.75) is 20.5 Å². The molecule has 1 aromatic carbocycles. The Labute approximate surface area is 133 Å². The highest BCUT2D eigenvalue weighted by Crippen LogP contribution is 2.29. The standard InChI is InChI=1S/C18H15N3O2/c1-11-17(12(2)23)18-16(7-14(10-22)9-20-18)21(11)15-5-3-13(8-19)4-6-15/h3-7,9,22H,10H2,1-2H3. The molecule has 2 aromatic heterocycles. The second kappa shape index (κ2) is 5.67. The smallest absolute Gasteiger partial charge is 0.163 e. The molecule has 0 atom stereocenters. The Morgan fingerprint density at radius 1 is 1.35 bits per heavy atom. The molecule has 114 valence electrons. The van der Waals surface area contributed by atoms with Crippen LogP contribution in [-0.2, 0) is 6.61 Å². The fourth-order valence-corrected chi connectivity index (χ4v) is 2.85. The molecule has 0 bridgehead atoms. The third-order valence-corrected chi connectivity index (χ3v) is 3.89. The number of pyridine rings is 1. The first-order valence-corrected chi connectivity index (χ1v) is 7.19. The van der Waals surface area contributed by atoms with Gasteiger partial charge < -0.3 is 9.67 Å². The summed E-state index contributed by atoms with van der Waals surface area (Å²) in [5.74, 6) is -0.0517. The lowest BCUT2D eigenvalue weighted by Crippen LogP contribution is -2.00. The van der Waals surface area contributed by atoms with E-state index in [-0.39, 0.29) is 12.4 Å². The van der Waals surface area contributed by atoms with Gasteiger partial charge in [0.05, 0.1) is 34.8 Å². The summed E-state index contributed by atoms with van der Waals surface area (Å²) in [7, 11) is 0. The van der Waals surface area contributed by atoms with E-state index in [0.29, 0.717) is 22.2 Å². The predicted octanol–water partition coefficient (Wildman–Crippen LogP) is 2.90. The van der Waals surface area contributed by atoms with E-state index in [1.165, 1.54) is 6.92 Å². The number of Topliss-reactive ketones (excluding diaryl/α,β-unsaturated/α-hetero) is 1. The number of ketones is 1. The molecule has 23 heavy (non-hydrogen) atoms. The highest BCUT2D eigenvalue weighted by atomic mass is 16.3. The lowest BCUT2D eigenvalue weighted by atomic mass is 10.1. The van der Waals surface area contributed by atoms with Crippen LogP contribution < -0.4 is 0 Å². The van der Waals surface area contributed by atoms with E-state index < -0.39 is 0 Å². The van der Waals surface area contributed by atoms with Crippen LogP contribution in [0.2, 0.25) is 0 Å². The van der Waals surface area contributed by atoms with Crippen molar-refractivity contribution in [2.75, 3.05) is 0 Å². The summed E-state index contributed by atoms with van der Waals surface area (Å²) in [5.41, 5.74) is 4.86. The number of nitriles is 1. The van der Waals surface area contributed by atoms with Crippen molar-refractivity contribution in [1.29, 1.82) is 5.26 Å². The third-order valence-electron chi connectivity index (χ3n) is 3.89. The number of rotatable bonds is 3. The Bertz CT molecular complexity index is 947. The van der Waals surface area contributed by atoms with Gasteiger partial charge in [-0.3, -0.25) is 9.78 Å². The zero-order valence-corrected chi connectivity index (χ0v) is 12.9. The number of carbonyl (C=O) groups is 1. The lowest BCUT2D eigenvalue weighted by Gasteiger charge is -2.09. The van der Waals surface area contributed by atoms with Crippen LogP contribution >= 0.6 is 0 Å². The Morgan fingerprint density at radius 2 is 2.04 bits per heavy atom. The minimum Gasteiger partial charge on any atom is -0.392 e. The van der Waals surface area contributed by atoms with E-state index in [9.17, 15) is 9.90 Å². The Morgan fingerprint density at radius 3 is 2.61 bits per heavy atom. The number of benzene rings is 1. The summed E-state index contributed by atoms with van der Waals surface area (Å²) >= 11 is 0. The average molecular weight is 305 g/mol. The molecule has 0 saturated carbocycles. The van der Waals surface area contributed by atoms with E-state index >= 15 is 0 Å². The molecule has 1 N–H and O–H groups in total. The molecule has 3 aromatic rings. The molecule has 0 unspecified atom stereocenters. The predicted molar refractivity (Wildman–Crippen MR) is 86.4 cm³/mol. The number of nitrogens with zero attached hydrogens (tertiary/aromatic N) is 3. The molecular formula is C18H15N3O2. The van der Waals surface area contributed by atoms with Gasteiger partial charge in [-0.05, 0) is 49.7 Å². The second-order valence-corrected chi connectivity index (χ2v) is 5.38. The van der Waals surface area contributed by atoms with Gasteiger partial charge >= 0.3 is 0 Å². The maximum atomic E-state index is 12.0. The van der Waals surface area contributed by atoms with E-state index in [4.69, 9.17) is 5.26 Å². The van der Waals surface area contributed by atoms with Crippen LogP contribution in [-0.4, -0.2) is 20.4 Å². The maximum Gasteiger partial charge on any atom is 0.163 e. The number of carbonyl (C=O) groups excluding carboxylic acids is 1. The average Bonchev–Trinajstić information content (AvgIpc) is 2.86. The highest BCUT2D eigenvalue weighted by molar-refractivity contribution is 6.07. The second-order valence-electron chi connectivity index (χ2n) is 5.38. The Kier molecular flexibility index (Phi) is 3.68. The lowest BCUT2D eigenvalue weighted by molar-refractivity contribution is 0.101. The van der Waals surface area contributed by atoms with Crippen LogP contribution in [0.4, 0.5) is 0 Å². The van der Waals surface area contributed by atoms with Crippen LogP contribution in [0.25, 0.3) is 16.7 Å². The van der Waals surface area contributed by atoms with Gasteiger partial charge in [-0.25, -0.2) is 0 Å². The van der Waals surface area contributed by atoms with Gasteiger partial charge in [0.1, 0.15) is 0 Å². The molecule has 3 rings (SSSR count). The fourth-order valence-electron chi connectivity index (χ4n) is 2.85. The van der Waals surface area contributed by atoms with Crippen molar-refractivity contribution in [3.05, 3.63) is 58.9 Å². The van der Waals surface area contributed by atoms with Crippen molar-refractivity contribution in [2.24, 2.45) is 0 Å². The van der Waals surface area contributed by atoms with Gasteiger partial charge in [0.25, 0.3) is 0 Å². The molecule has 0 aliphatic heterocycles. The zero-order valence-electron chi connectivity index (χ0n) is 12.9. The van der Waals surface area contributed by atoms with E-state index in [1.54, 1.807) is 18.3 Å². The molecule has 2 heterocycles. The van der Waals surface area contributed by atoms with Crippen molar-refractivity contribution in [3.8, 4) is 11.8 Å². The number of aliphatic hydroxyl groups is 1. The van der Waals surface area contributed by atoms with Crippen molar-refractivity contribution in [1.82, 2.24) is 9.55 Å². The molecular weight excluding hydrogens is 290 g/mol. The molecule has 0 aliphatic rings. The molecule has 0 amide bonds. The van der Waals surface area contributed by atoms with Crippen LogP contribution in [0.1, 0.15) is 34.1 Å². The molecule has 5 nitrogen and oxygen atoms in total.